The lowest BCUT2D eigenvalue weighted by atomic mass is 10.1. The Bertz CT molecular complexity index is 618. The van der Waals surface area contributed by atoms with Crippen LogP contribution in [0.3, 0.4) is 0 Å². The molecule has 0 aliphatic carbocycles. The smallest absolute Gasteiger partial charge is 0.245 e. The summed E-state index contributed by atoms with van der Waals surface area (Å²) >= 11 is 0. The second-order valence-electron chi connectivity index (χ2n) is 4.43. The Morgan fingerprint density at radius 2 is 2.11 bits per heavy atom. The summed E-state index contributed by atoms with van der Waals surface area (Å²) in [5.74, 6) is -1.73. The van der Waals surface area contributed by atoms with Crippen LogP contribution in [0.4, 0.5) is 10.1 Å². The highest BCUT2D eigenvalue weighted by atomic mass is 32.2. The van der Waals surface area contributed by atoms with Crippen molar-refractivity contribution in [3.8, 4) is 0 Å². The number of hydrogen-bond acceptors (Lipinski definition) is 4. The van der Waals surface area contributed by atoms with Crippen molar-refractivity contribution in [3.63, 3.8) is 0 Å². The van der Waals surface area contributed by atoms with Crippen LogP contribution < -0.4 is 11.5 Å². The van der Waals surface area contributed by atoms with E-state index in [-0.39, 0.29) is 23.7 Å². The maximum Gasteiger partial charge on any atom is 0.245 e. The molecule has 1 fully saturated rings. The summed E-state index contributed by atoms with van der Waals surface area (Å²) in [6.45, 7) is 0.180. The van der Waals surface area contributed by atoms with Gasteiger partial charge in [0.15, 0.2) is 0 Å². The number of carbonyl (C=O) groups excluding carboxylic acids is 1. The molecule has 0 spiro atoms. The predicted molar refractivity (Wildman–Crippen MR) is 66.9 cm³/mol. The molecule has 1 aliphatic heterocycles. The molecule has 0 radical (unpaired) electrons. The second kappa shape index (κ2) is 4.78. The zero-order chi connectivity index (χ0) is 14.2. The fourth-order valence-corrected chi connectivity index (χ4v) is 3.68. The second-order valence-corrected chi connectivity index (χ2v) is 6.34. The molecule has 2 rings (SSSR count). The van der Waals surface area contributed by atoms with Gasteiger partial charge in [-0.25, -0.2) is 12.8 Å². The number of rotatable bonds is 3. The van der Waals surface area contributed by atoms with Crippen LogP contribution in [0.5, 0.6) is 0 Å². The van der Waals surface area contributed by atoms with E-state index in [2.05, 4.69) is 0 Å². The molecule has 1 saturated heterocycles. The van der Waals surface area contributed by atoms with E-state index >= 15 is 0 Å². The van der Waals surface area contributed by atoms with Gasteiger partial charge in [0.25, 0.3) is 0 Å². The summed E-state index contributed by atoms with van der Waals surface area (Å²) in [6, 6.07) is 3.16. The zero-order valence-electron chi connectivity index (χ0n) is 10.0. The van der Waals surface area contributed by atoms with Crippen molar-refractivity contribution in [2.24, 2.45) is 11.7 Å². The van der Waals surface area contributed by atoms with Crippen molar-refractivity contribution < 1.29 is 17.6 Å². The minimum atomic E-state index is -3.90. The number of benzene rings is 1. The molecule has 1 atom stereocenters. The van der Waals surface area contributed by atoms with E-state index in [0.29, 0.717) is 6.42 Å². The minimum Gasteiger partial charge on any atom is -0.398 e. The van der Waals surface area contributed by atoms with E-state index in [1.165, 1.54) is 6.07 Å². The Labute approximate surface area is 110 Å². The summed E-state index contributed by atoms with van der Waals surface area (Å²) in [6.07, 6.45) is 0.365. The fraction of sp³-hybridized carbons (Fsp3) is 0.364. The van der Waals surface area contributed by atoms with Gasteiger partial charge in [0, 0.05) is 13.1 Å². The van der Waals surface area contributed by atoms with Crippen molar-refractivity contribution in [1.29, 1.82) is 0 Å². The van der Waals surface area contributed by atoms with Gasteiger partial charge in [0.2, 0.25) is 15.9 Å². The van der Waals surface area contributed by atoms with E-state index in [0.717, 1.165) is 16.4 Å². The van der Waals surface area contributed by atoms with Crippen molar-refractivity contribution in [1.82, 2.24) is 4.31 Å². The van der Waals surface area contributed by atoms with E-state index in [4.69, 9.17) is 11.5 Å². The first-order valence-electron chi connectivity index (χ1n) is 5.67. The van der Waals surface area contributed by atoms with Crippen LogP contribution in [0.2, 0.25) is 0 Å². The normalized spacial score (nSPS) is 20.6. The van der Waals surface area contributed by atoms with Gasteiger partial charge in [0.1, 0.15) is 10.7 Å². The van der Waals surface area contributed by atoms with Gasteiger partial charge in [-0.3, -0.25) is 4.79 Å². The lowest BCUT2D eigenvalue weighted by molar-refractivity contribution is -0.121. The number of amides is 1. The van der Waals surface area contributed by atoms with Gasteiger partial charge in [0.05, 0.1) is 11.6 Å². The third kappa shape index (κ3) is 2.54. The molecule has 1 aromatic rings. The van der Waals surface area contributed by atoms with Gasteiger partial charge in [-0.05, 0) is 24.6 Å². The van der Waals surface area contributed by atoms with Crippen molar-refractivity contribution in [3.05, 3.63) is 24.0 Å². The highest BCUT2D eigenvalue weighted by molar-refractivity contribution is 7.89. The highest BCUT2D eigenvalue weighted by Gasteiger charge is 2.35. The first kappa shape index (κ1) is 13.8. The van der Waals surface area contributed by atoms with Crippen LogP contribution in [0.25, 0.3) is 0 Å². The topological polar surface area (TPSA) is 106 Å². The highest BCUT2D eigenvalue weighted by Crippen LogP contribution is 2.27. The van der Waals surface area contributed by atoms with E-state index < -0.39 is 27.7 Å². The number of anilines is 1. The quantitative estimate of drug-likeness (QED) is 0.757. The minimum absolute atomic E-state index is 0.00756. The van der Waals surface area contributed by atoms with Gasteiger partial charge in [-0.2, -0.15) is 4.31 Å². The third-order valence-electron chi connectivity index (χ3n) is 3.15. The third-order valence-corrected chi connectivity index (χ3v) is 5.07. The maximum absolute atomic E-state index is 13.2. The Morgan fingerprint density at radius 1 is 1.42 bits per heavy atom. The molecule has 19 heavy (non-hydrogen) atoms. The number of nitrogens with two attached hydrogens (primary N) is 2. The standard InChI is InChI=1S/C11H14FN3O3S/c12-8-1-2-9(13)10(5-8)19(17,18)15-4-3-7(6-15)11(14)16/h1-2,5,7H,3-4,6,13H2,(H2,14,16). The molecule has 8 heteroatoms. The molecule has 1 aromatic carbocycles. The molecule has 0 aromatic heterocycles. The number of halogens is 1. The van der Waals surface area contributed by atoms with Crippen molar-refractivity contribution >= 4 is 21.6 Å². The Balaban J connectivity index is 2.33. The van der Waals surface area contributed by atoms with Crippen LogP contribution >= 0.6 is 0 Å². The molecule has 1 unspecified atom stereocenters. The van der Waals surface area contributed by atoms with E-state index in [1.54, 1.807) is 0 Å². The van der Waals surface area contributed by atoms with Crippen LogP contribution in [0, 0.1) is 11.7 Å². The van der Waals surface area contributed by atoms with Gasteiger partial charge in [-0.1, -0.05) is 0 Å². The fourth-order valence-electron chi connectivity index (χ4n) is 2.05. The van der Waals surface area contributed by atoms with Crippen LogP contribution in [0.1, 0.15) is 6.42 Å². The molecule has 0 saturated carbocycles. The summed E-state index contributed by atoms with van der Waals surface area (Å²) in [7, 11) is -3.90. The van der Waals surface area contributed by atoms with Gasteiger partial charge in [-0.15, -0.1) is 0 Å². The Morgan fingerprint density at radius 3 is 2.68 bits per heavy atom. The maximum atomic E-state index is 13.2. The lowest BCUT2D eigenvalue weighted by Crippen LogP contribution is -2.32. The Kier molecular flexibility index (Phi) is 3.46. The van der Waals surface area contributed by atoms with Crippen LogP contribution in [-0.2, 0) is 14.8 Å². The summed E-state index contributed by atoms with van der Waals surface area (Å²) in [5.41, 5.74) is 10.7. The molecule has 4 N–H and O–H groups in total. The van der Waals surface area contributed by atoms with E-state index in [9.17, 15) is 17.6 Å². The molecule has 104 valence electrons. The summed E-state index contributed by atoms with van der Waals surface area (Å²) < 4.78 is 38.9. The Hall–Kier alpha value is -1.67. The molecule has 0 bridgehead atoms. The average Bonchev–Trinajstić information content (AvgIpc) is 2.82. The first-order valence-corrected chi connectivity index (χ1v) is 7.11. The SMILES string of the molecule is NC(=O)C1CCN(S(=O)(=O)c2cc(F)ccc2N)C1. The summed E-state index contributed by atoms with van der Waals surface area (Å²) in [5, 5.41) is 0. The number of hydrogen-bond donors (Lipinski definition) is 2. The number of nitrogen functional groups attached to an aromatic ring is 1. The van der Waals surface area contributed by atoms with Gasteiger partial charge >= 0.3 is 0 Å². The number of carbonyl (C=O) groups is 1. The zero-order valence-corrected chi connectivity index (χ0v) is 10.9. The van der Waals surface area contributed by atoms with Crippen LogP contribution in [-0.4, -0.2) is 31.7 Å². The van der Waals surface area contributed by atoms with E-state index in [1.807, 2.05) is 0 Å². The van der Waals surface area contributed by atoms with Crippen LogP contribution in [0.15, 0.2) is 23.1 Å². The average molecular weight is 287 g/mol. The molecule has 1 heterocycles. The van der Waals surface area contributed by atoms with Gasteiger partial charge < -0.3 is 11.5 Å². The largest absolute Gasteiger partial charge is 0.398 e. The molecular weight excluding hydrogens is 273 g/mol. The lowest BCUT2D eigenvalue weighted by Gasteiger charge is -2.17. The number of sulfonamides is 1. The first-order chi connectivity index (χ1) is 8.82. The monoisotopic (exact) mass is 287 g/mol. The molecule has 6 nitrogen and oxygen atoms in total. The summed E-state index contributed by atoms with van der Waals surface area (Å²) in [4.78, 5) is 10.8. The van der Waals surface area contributed by atoms with Crippen molar-refractivity contribution in [2.45, 2.75) is 11.3 Å². The van der Waals surface area contributed by atoms with Crippen molar-refractivity contribution in [2.75, 3.05) is 18.8 Å². The molecule has 1 amide bonds. The number of nitrogens with zero attached hydrogens (tertiary/aromatic N) is 1. The molecular formula is C11H14FN3O3S. The molecule has 1 aliphatic rings. The predicted octanol–water partition coefficient (Wildman–Crippen LogP) is -0.0962. The number of primary amides is 1.